The van der Waals surface area contributed by atoms with Gasteiger partial charge in [0.2, 0.25) is 0 Å². The number of rotatable bonds is 7. The summed E-state index contributed by atoms with van der Waals surface area (Å²) in [6, 6.07) is 13.9. The van der Waals surface area contributed by atoms with Gasteiger partial charge in [-0.3, -0.25) is 5.10 Å². The molecule has 2 aromatic heterocycles. The van der Waals surface area contributed by atoms with Gasteiger partial charge < -0.3 is 5.32 Å². The highest BCUT2D eigenvalue weighted by molar-refractivity contribution is 6.33. The van der Waals surface area contributed by atoms with E-state index in [0.29, 0.717) is 11.6 Å². The number of nitrogens with zero attached hydrogens (tertiary/aromatic N) is 3. The van der Waals surface area contributed by atoms with Gasteiger partial charge >= 0.3 is 0 Å². The minimum atomic E-state index is -0.275. The summed E-state index contributed by atoms with van der Waals surface area (Å²) in [5, 5.41) is 15.6. The first kappa shape index (κ1) is 18.4. The van der Waals surface area contributed by atoms with Crippen molar-refractivity contribution in [3.63, 3.8) is 0 Å². The van der Waals surface area contributed by atoms with Gasteiger partial charge in [0.05, 0.1) is 22.6 Å². The summed E-state index contributed by atoms with van der Waals surface area (Å²) in [6.07, 6.45) is 6.55. The molecule has 0 saturated heterocycles. The topological polar surface area (TPSA) is 58.5 Å². The first-order valence-corrected chi connectivity index (χ1v) is 9.36. The van der Waals surface area contributed by atoms with E-state index in [0.717, 1.165) is 41.0 Å². The second-order valence-electron chi connectivity index (χ2n) is 6.44. The average molecular weight is 396 g/mol. The fourth-order valence-corrected chi connectivity index (χ4v) is 3.24. The summed E-state index contributed by atoms with van der Waals surface area (Å²) in [5.41, 5.74) is 4.65. The average Bonchev–Trinajstić information content (AvgIpc) is 3.36. The van der Waals surface area contributed by atoms with E-state index in [1.807, 2.05) is 42.9 Å². The molecule has 5 nitrogen and oxygen atoms in total. The largest absolute Gasteiger partial charge is 0.312 e. The molecular formula is C21H19ClFN5. The molecule has 28 heavy (non-hydrogen) atoms. The maximum Gasteiger partial charge on any atom is 0.123 e. The molecule has 0 bridgehead atoms. The van der Waals surface area contributed by atoms with Gasteiger partial charge in [-0.15, -0.1) is 0 Å². The maximum atomic E-state index is 13.3. The lowest BCUT2D eigenvalue weighted by Crippen LogP contribution is -2.16. The Hall–Kier alpha value is -2.96. The molecule has 4 aromatic rings. The molecule has 0 fully saturated rings. The van der Waals surface area contributed by atoms with Crippen molar-refractivity contribution in [2.45, 2.75) is 13.0 Å². The smallest absolute Gasteiger partial charge is 0.123 e. The maximum absolute atomic E-state index is 13.3. The molecule has 4 rings (SSSR count). The van der Waals surface area contributed by atoms with Crippen LogP contribution in [0.1, 0.15) is 11.1 Å². The molecule has 0 unspecified atom stereocenters. The van der Waals surface area contributed by atoms with E-state index in [9.17, 15) is 4.39 Å². The molecule has 142 valence electrons. The standard InChI is InChI=1S/C21H19ClFN5/c22-20-4-2-1-3-19(20)21-16(13-24-10-9-15-11-25-26-12-15)14-28(27-21)18-7-5-17(23)6-8-18/h1-8,11-12,14,24H,9-10,13H2,(H,25,26). The lowest BCUT2D eigenvalue weighted by molar-refractivity contribution is 0.627. The molecule has 0 radical (unpaired) electrons. The van der Waals surface area contributed by atoms with E-state index < -0.39 is 0 Å². The second-order valence-corrected chi connectivity index (χ2v) is 6.84. The summed E-state index contributed by atoms with van der Waals surface area (Å²) in [4.78, 5) is 0. The zero-order valence-electron chi connectivity index (χ0n) is 15.1. The third-order valence-corrected chi connectivity index (χ3v) is 4.80. The van der Waals surface area contributed by atoms with E-state index >= 15 is 0 Å². The lowest BCUT2D eigenvalue weighted by Gasteiger charge is -2.06. The van der Waals surface area contributed by atoms with Crippen LogP contribution in [0.15, 0.2) is 67.1 Å². The van der Waals surface area contributed by atoms with Crippen LogP contribution in [0.2, 0.25) is 5.02 Å². The van der Waals surface area contributed by atoms with Crippen LogP contribution in [0.25, 0.3) is 16.9 Å². The quantitative estimate of drug-likeness (QED) is 0.456. The van der Waals surface area contributed by atoms with E-state index in [4.69, 9.17) is 16.7 Å². The van der Waals surface area contributed by atoms with Crippen LogP contribution < -0.4 is 5.32 Å². The highest BCUT2D eigenvalue weighted by Crippen LogP contribution is 2.30. The number of aromatic amines is 1. The first-order valence-electron chi connectivity index (χ1n) is 8.98. The number of aromatic nitrogens is 4. The van der Waals surface area contributed by atoms with Gasteiger partial charge in [-0.1, -0.05) is 29.8 Å². The predicted molar refractivity (Wildman–Crippen MR) is 108 cm³/mol. The van der Waals surface area contributed by atoms with Gasteiger partial charge in [0.15, 0.2) is 0 Å². The van der Waals surface area contributed by atoms with Crippen LogP contribution in [0.4, 0.5) is 4.39 Å². The van der Waals surface area contributed by atoms with Crippen LogP contribution in [-0.2, 0) is 13.0 Å². The molecular weight excluding hydrogens is 377 g/mol. The molecule has 0 aliphatic heterocycles. The monoisotopic (exact) mass is 395 g/mol. The SMILES string of the molecule is Fc1ccc(-n2cc(CNCCc3cn[nH]c3)c(-c3ccccc3Cl)n2)cc1. The van der Waals surface area contributed by atoms with Gasteiger partial charge in [0, 0.05) is 30.1 Å². The van der Waals surface area contributed by atoms with Crippen LogP contribution in [0.5, 0.6) is 0 Å². The van der Waals surface area contributed by atoms with E-state index in [1.54, 1.807) is 16.8 Å². The molecule has 2 N–H and O–H groups in total. The molecule has 0 saturated carbocycles. The van der Waals surface area contributed by atoms with Gasteiger partial charge in [-0.2, -0.15) is 10.2 Å². The second kappa shape index (κ2) is 8.37. The van der Waals surface area contributed by atoms with E-state index in [2.05, 4.69) is 15.5 Å². The first-order chi connectivity index (χ1) is 13.7. The van der Waals surface area contributed by atoms with Gasteiger partial charge in [-0.05, 0) is 48.9 Å². The molecule has 2 aromatic carbocycles. The summed E-state index contributed by atoms with van der Waals surface area (Å²) >= 11 is 6.41. The lowest BCUT2D eigenvalue weighted by atomic mass is 10.1. The Bertz CT molecular complexity index is 1040. The molecule has 0 aliphatic carbocycles. The third kappa shape index (κ3) is 4.13. The van der Waals surface area contributed by atoms with Crippen molar-refractivity contribution < 1.29 is 4.39 Å². The Morgan fingerprint density at radius 3 is 2.68 bits per heavy atom. The Morgan fingerprint density at radius 1 is 1.11 bits per heavy atom. The van der Waals surface area contributed by atoms with Crippen LogP contribution in [0.3, 0.4) is 0 Å². The summed E-state index contributed by atoms with van der Waals surface area (Å²) in [7, 11) is 0. The summed E-state index contributed by atoms with van der Waals surface area (Å²) in [5.74, 6) is -0.275. The minimum absolute atomic E-state index is 0.275. The van der Waals surface area contributed by atoms with Crippen molar-refractivity contribution in [3.05, 3.63) is 89.1 Å². The van der Waals surface area contributed by atoms with Crippen LogP contribution in [0, 0.1) is 5.82 Å². The van der Waals surface area contributed by atoms with Crippen molar-refractivity contribution in [2.24, 2.45) is 0 Å². The number of H-pyrrole nitrogens is 1. The van der Waals surface area contributed by atoms with Crippen molar-refractivity contribution >= 4 is 11.6 Å². The summed E-state index contributed by atoms with van der Waals surface area (Å²) in [6.45, 7) is 1.45. The molecule has 7 heteroatoms. The van der Waals surface area contributed by atoms with E-state index in [1.165, 1.54) is 12.1 Å². The van der Waals surface area contributed by atoms with Crippen LogP contribution in [-0.4, -0.2) is 26.5 Å². The van der Waals surface area contributed by atoms with Crippen molar-refractivity contribution in [2.75, 3.05) is 6.54 Å². The molecule has 2 heterocycles. The summed E-state index contributed by atoms with van der Waals surface area (Å²) < 4.78 is 15.0. The zero-order chi connectivity index (χ0) is 19.3. The molecule has 0 atom stereocenters. The number of halogens is 2. The number of hydrogen-bond acceptors (Lipinski definition) is 3. The molecule has 0 spiro atoms. The zero-order valence-corrected chi connectivity index (χ0v) is 15.8. The highest BCUT2D eigenvalue weighted by atomic mass is 35.5. The Kier molecular flexibility index (Phi) is 5.50. The highest BCUT2D eigenvalue weighted by Gasteiger charge is 2.14. The Balaban J connectivity index is 1.59. The van der Waals surface area contributed by atoms with Crippen molar-refractivity contribution in [1.29, 1.82) is 0 Å². The number of benzene rings is 2. The van der Waals surface area contributed by atoms with Gasteiger partial charge in [0.25, 0.3) is 0 Å². The fraction of sp³-hybridized carbons (Fsp3) is 0.143. The van der Waals surface area contributed by atoms with Gasteiger partial charge in [0.1, 0.15) is 5.82 Å². The Morgan fingerprint density at radius 2 is 1.93 bits per heavy atom. The molecule has 0 aliphatic rings. The fourth-order valence-electron chi connectivity index (χ4n) is 3.02. The minimum Gasteiger partial charge on any atom is -0.312 e. The van der Waals surface area contributed by atoms with E-state index in [-0.39, 0.29) is 5.82 Å². The Labute approximate surface area is 167 Å². The number of hydrogen-bond donors (Lipinski definition) is 2. The normalized spacial score (nSPS) is 11.1. The third-order valence-electron chi connectivity index (χ3n) is 4.47. The number of nitrogens with one attached hydrogen (secondary N) is 2. The van der Waals surface area contributed by atoms with Gasteiger partial charge in [-0.25, -0.2) is 9.07 Å². The van der Waals surface area contributed by atoms with Crippen molar-refractivity contribution in [3.8, 4) is 16.9 Å². The predicted octanol–water partition coefficient (Wildman–Crippen LogP) is 4.39. The van der Waals surface area contributed by atoms with Crippen molar-refractivity contribution in [1.82, 2.24) is 25.3 Å². The molecule has 0 amide bonds. The van der Waals surface area contributed by atoms with Crippen LogP contribution >= 0.6 is 11.6 Å².